The number of amides is 4. The highest BCUT2D eigenvalue weighted by atomic mass is 35.5. The molecule has 2 aliphatic carbocycles. The molecule has 14 heteroatoms. The van der Waals surface area contributed by atoms with Crippen molar-refractivity contribution in [2.75, 3.05) is 24.0 Å². The average molecular weight is 809 g/mol. The number of nitrogens with zero attached hydrogens (tertiary/aromatic N) is 3. The van der Waals surface area contributed by atoms with Gasteiger partial charge in [-0.3, -0.25) is 24.1 Å². The van der Waals surface area contributed by atoms with E-state index in [9.17, 15) is 28.7 Å². The first-order valence-corrected chi connectivity index (χ1v) is 18.8. The predicted octanol–water partition coefficient (Wildman–Crippen LogP) is 7.67. The summed E-state index contributed by atoms with van der Waals surface area (Å²) in [4.78, 5) is 60.2. The maximum absolute atomic E-state index is 14.6. The Balaban J connectivity index is 1.11. The van der Waals surface area contributed by atoms with Crippen LogP contribution in [0.5, 0.6) is 17.2 Å². The van der Waals surface area contributed by atoms with E-state index in [1.807, 2.05) is 30.3 Å². The van der Waals surface area contributed by atoms with Crippen molar-refractivity contribution in [3.8, 4) is 28.7 Å². The summed E-state index contributed by atoms with van der Waals surface area (Å²) in [6.07, 6.45) is 5.02. The summed E-state index contributed by atoms with van der Waals surface area (Å²) in [5, 5.41) is 10.5. The van der Waals surface area contributed by atoms with E-state index in [4.69, 9.17) is 37.1 Å². The monoisotopic (exact) mass is 807 g/mol. The molecule has 4 amide bonds. The highest BCUT2D eigenvalue weighted by Crippen LogP contribution is 2.63. The number of halogens is 3. The van der Waals surface area contributed by atoms with Crippen molar-refractivity contribution in [2.24, 2.45) is 23.7 Å². The Labute approximate surface area is 334 Å². The van der Waals surface area contributed by atoms with E-state index in [0.717, 1.165) is 21.9 Å². The molecule has 288 valence electrons. The topological polar surface area (TPSA) is 139 Å². The number of allylic oxidation sites excluding steroid dienone is 3. The van der Waals surface area contributed by atoms with Crippen molar-refractivity contribution in [3.05, 3.63) is 114 Å². The number of ether oxygens (including phenoxy) is 2. The standard InChI is InChI=1S/C43H32Cl2FN3O8/c1-55-33-19-22(20-34(56-2)36(33)50)7-18-30-27-16-17-28-35(29(27)21-42(44)40(53)49(41(54)43(30,42)45)26-14-10-24(46)11-15-26)39(52)48(38(28)51)25-12-8-23(9-13-25)37-47-31-5-3-4-6-32(31)57-37/h3-16,18-20,28-30,35,50H,17,21H2,1-2H3. The number of methoxy groups -OCH3 is 2. The fourth-order valence-corrected chi connectivity index (χ4v) is 9.76. The summed E-state index contributed by atoms with van der Waals surface area (Å²) in [6.45, 7) is 0. The summed E-state index contributed by atoms with van der Waals surface area (Å²) in [7, 11) is 2.77. The zero-order valence-corrected chi connectivity index (χ0v) is 31.8. The quantitative estimate of drug-likeness (QED) is 0.0997. The number of oxazole rings is 1. The van der Waals surface area contributed by atoms with Crippen LogP contribution in [0.3, 0.4) is 0 Å². The lowest BCUT2D eigenvalue weighted by Crippen LogP contribution is -2.60. The van der Waals surface area contributed by atoms with Gasteiger partial charge in [0, 0.05) is 11.5 Å². The molecule has 6 unspecified atom stereocenters. The maximum atomic E-state index is 14.6. The van der Waals surface area contributed by atoms with Gasteiger partial charge < -0.3 is 19.0 Å². The second kappa shape index (κ2) is 13.3. The Hall–Kier alpha value is -5.98. The third-order valence-corrected chi connectivity index (χ3v) is 13.0. The third kappa shape index (κ3) is 5.34. The minimum Gasteiger partial charge on any atom is -0.502 e. The van der Waals surface area contributed by atoms with Crippen molar-refractivity contribution < 1.29 is 42.6 Å². The van der Waals surface area contributed by atoms with Crippen LogP contribution in [-0.2, 0) is 19.2 Å². The van der Waals surface area contributed by atoms with Crippen LogP contribution < -0.4 is 19.3 Å². The number of aromatic hydroxyl groups is 1. The Bertz CT molecular complexity index is 2530. The van der Waals surface area contributed by atoms with Crippen LogP contribution in [0.2, 0.25) is 0 Å². The summed E-state index contributed by atoms with van der Waals surface area (Å²) in [5.74, 6) is -6.25. The lowest BCUT2D eigenvalue weighted by molar-refractivity contribution is -0.125. The predicted molar refractivity (Wildman–Crippen MR) is 210 cm³/mol. The number of carbonyl (C=O) groups excluding carboxylic acids is 4. The second-order valence-corrected chi connectivity index (χ2v) is 15.7. The van der Waals surface area contributed by atoms with Crippen LogP contribution in [0.4, 0.5) is 15.8 Å². The number of alkyl halides is 2. The summed E-state index contributed by atoms with van der Waals surface area (Å²) in [5.41, 5.74) is 3.46. The number of anilines is 2. The highest BCUT2D eigenvalue weighted by molar-refractivity contribution is 6.58. The molecule has 9 rings (SSSR count). The minimum absolute atomic E-state index is 0.0750. The Morgan fingerprint density at radius 1 is 0.860 bits per heavy atom. The fourth-order valence-electron chi connectivity index (χ4n) is 8.87. The maximum Gasteiger partial charge on any atom is 0.258 e. The number of hydrogen-bond donors (Lipinski definition) is 1. The molecule has 57 heavy (non-hydrogen) atoms. The van der Waals surface area contributed by atoms with E-state index >= 15 is 0 Å². The second-order valence-electron chi connectivity index (χ2n) is 14.5. The van der Waals surface area contributed by atoms with Crippen LogP contribution in [0.1, 0.15) is 18.4 Å². The summed E-state index contributed by atoms with van der Waals surface area (Å²) in [6, 6.07) is 22.0. The molecule has 0 bridgehead atoms. The van der Waals surface area contributed by atoms with Gasteiger partial charge in [-0.1, -0.05) is 35.9 Å². The Kier molecular flexibility index (Phi) is 8.56. The molecule has 3 heterocycles. The third-order valence-electron chi connectivity index (χ3n) is 11.6. The smallest absolute Gasteiger partial charge is 0.258 e. The van der Waals surface area contributed by atoms with Crippen molar-refractivity contribution in [3.63, 3.8) is 0 Å². The molecule has 0 radical (unpaired) electrons. The molecule has 3 fully saturated rings. The number of hydrogen-bond acceptors (Lipinski definition) is 9. The first-order valence-electron chi connectivity index (χ1n) is 18.1. The zero-order chi connectivity index (χ0) is 40.0. The van der Waals surface area contributed by atoms with Gasteiger partial charge in [-0.15, -0.1) is 23.2 Å². The number of phenolic OH excluding ortho intramolecular Hbond substituents is 1. The van der Waals surface area contributed by atoms with Gasteiger partial charge in [-0.25, -0.2) is 14.3 Å². The SMILES string of the molecule is COc1cc(C=CC2C3=CCC4C(=O)N(c5ccc(-c6nc7ccccc7o6)cc5)C(=O)C4C3CC3(Cl)C(=O)N(c4ccc(F)cc4)C(=O)C23Cl)cc(OC)c1O. The fraction of sp³-hybridized carbons (Fsp3) is 0.233. The normalized spacial score (nSPS) is 26.9. The lowest BCUT2D eigenvalue weighted by atomic mass is 9.57. The molecule has 2 aliphatic heterocycles. The van der Waals surface area contributed by atoms with Gasteiger partial charge in [0.2, 0.25) is 23.5 Å². The number of imide groups is 2. The molecule has 0 spiro atoms. The van der Waals surface area contributed by atoms with E-state index in [1.165, 1.54) is 26.4 Å². The Morgan fingerprint density at radius 2 is 1.51 bits per heavy atom. The van der Waals surface area contributed by atoms with Gasteiger partial charge in [0.25, 0.3) is 11.8 Å². The Morgan fingerprint density at radius 3 is 2.18 bits per heavy atom. The molecule has 1 aromatic heterocycles. The molecule has 2 saturated heterocycles. The van der Waals surface area contributed by atoms with Crippen molar-refractivity contribution in [1.29, 1.82) is 0 Å². The molecular weight excluding hydrogens is 776 g/mol. The van der Waals surface area contributed by atoms with Crippen molar-refractivity contribution in [1.82, 2.24) is 4.98 Å². The van der Waals surface area contributed by atoms with Crippen LogP contribution in [0.25, 0.3) is 28.6 Å². The zero-order valence-electron chi connectivity index (χ0n) is 30.3. The van der Waals surface area contributed by atoms with Crippen molar-refractivity contribution in [2.45, 2.75) is 22.6 Å². The molecule has 4 aliphatic rings. The first kappa shape index (κ1) is 36.6. The van der Waals surface area contributed by atoms with Gasteiger partial charge in [-0.05, 0) is 97.1 Å². The highest BCUT2D eigenvalue weighted by Gasteiger charge is 2.76. The summed E-state index contributed by atoms with van der Waals surface area (Å²) >= 11 is 14.9. The number of aromatic nitrogens is 1. The van der Waals surface area contributed by atoms with E-state index in [0.29, 0.717) is 39.4 Å². The van der Waals surface area contributed by atoms with Crippen molar-refractivity contribution >= 4 is 75.4 Å². The summed E-state index contributed by atoms with van der Waals surface area (Å²) < 4.78 is 30.6. The van der Waals surface area contributed by atoms with Gasteiger partial charge in [-0.2, -0.15) is 0 Å². The molecule has 4 aromatic carbocycles. The van der Waals surface area contributed by atoms with Crippen LogP contribution >= 0.6 is 23.2 Å². The number of rotatable bonds is 7. The number of benzene rings is 4. The number of fused-ring (bicyclic) bond motifs is 5. The van der Waals surface area contributed by atoms with Crippen LogP contribution in [0, 0.1) is 29.5 Å². The molecule has 1 saturated carbocycles. The number of para-hydroxylation sites is 2. The van der Waals surface area contributed by atoms with E-state index in [-0.39, 0.29) is 35.8 Å². The molecular formula is C43H32Cl2FN3O8. The number of phenols is 1. The van der Waals surface area contributed by atoms with Gasteiger partial charge in [0.1, 0.15) is 11.3 Å². The molecule has 11 nitrogen and oxygen atoms in total. The van der Waals surface area contributed by atoms with E-state index < -0.39 is 62.9 Å². The minimum atomic E-state index is -2.11. The van der Waals surface area contributed by atoms with E-state index in [1.54, 1.807) is 48.6 Å². The molecule has 1 N–H and O–H groups in total. The van der Waals surface area contributed by atoms with E-state index in [2.05, 4.69) is 4.98 Å². The average Bonchev–Trinajstić information content (AvgIpc) is 3.81. The first-order chi connectivity index (χ1) is 27.4. The lowest BCUT2D eigenvalue weighted by Gasteiger charge is -2.49. The largest absolute Gasteiger partial charge is 0.502 e. The van der Waals surface area contributed by atoms with Gasteiger partial charge in [0.15, 0.2) is 26.8 Å². The van der Waals surface area contributed by atoms with Crippen LogP contribution in [0.15, 0.2) is 107 Å². The molecule has 6 atom stereocenters. The molecule has 5 aromatic rings. The van der Waals surface area contributed by atoms with Crippen LogP contribution in [-0.4, -0.2) is 57.7 Å². The number of carbonyl (C=O) groups is 4. The van der Waals surface area contributed by atoms with Gasteiger partial charge >= 0.3 is 0 Å². The van der Waals surface area contributed by atoms with Gasteiger partial charge in [0.05, 0.1) is 37.4 Å².